The van der Waals surface area contributed by atoms with Gasteiger partial charge in [0.05, 0.1) is 0 Å². The molecule has 158 valence electrons. The van der Waals surface area contributed by atoms with E-state index >= 15 is 0 Å². The lowest BCUT2D eigenvalue weighted by Crippen LogP contribution is -2.12. The summed E-state index contributed by atoms with van der Waals surface area (Å²) >= 11 is 0. The Morgan fingerprint density at radius 1 is 0.781 bits per heavy atom. The number of allylic oxidation sites excluding steroid dienone is 10. The van der Waals surface area contributed by atoms with Crippen molar-refractivity contribution < 1.29 is 9.31 Å². The van der Waals surface area contributed by atoms with E-state index in [9.17, 15) is 0 Å². The molecule has 0 fully saturated rings. The highest BCUT2D eigenvalue weighted by Crippen LogP contribution is 2.43. The average Bonchev–Trinajstić information content (AvgIpc) is 2.85. The van der Waals surface area contributed by atoms with Crippen LogP contribution in [-0.4, -0.2) is 24.4 Å². The lowest BCUT2D eigenvalue weighted by atomic mass is 9.84. The molecule has 2 aromatic rings. The van der Waals surface area contributed by atoms with Gasteiger partial charge in [-0.25, -0.2) is 4.58 Å². The molecule has 0 bridgehead atoms. The molecule has 0 radical (unpaired) electrons. The number of ether oxygens (including phenoxy) is 1. The van der Waals surface area contributed by atoms with E-state index in [4.69, 9.17) is 4.74 Å². The van der Waals surface area contributed by atoms with Gasteiger partial charge in [-0.05, 0) is 65.8 Å². The minimum absolute atomic E-state index is 0.916. The van der Waals surface area contributed by atoms with Gasteiger partial charge in [0, 0.05) is 23.3 Å². The summed E-state index contributed by atoms with van der Waals surface area (Å²) in [6, 6.07) is 21.1. The molecule has 1 heterocycles. The number of hydrogen-bond acceptors (Lipinski definition) is 1. The first kappa shape index (κ1) is 20.3. The van der Waals surface area contributed by atoms with E-state index in [0.717, 1.165) is 36.3 Å². The Bertz CT molecular complexity index is 1230. The molecule has 5 rings (SSSR count). The normalized spacial score (nSPS) is 17.8. The highest BCUT2D eigenvalue weighted by Gasteiger charge is 2.27. The molecule has 0 saturated carbocycles. The number of rotatable bonds is 3. The van der Waals surface area contributed by atoms with Gasteiger partial charge >= 0.3 is 0 Å². The highest BCUT2D eigenvalue weighted by molar-refractivity contribution is 6.02. The van der Waals surface area contributed by atoms with Gasteiger partial charge in [-0.2, -0.15) is 0 Å². The van der Waals surface area contributed by atoms with Gasteiger partial charge in [-0.1, -0.05) is 60.7 Å². The largest absolute Gasteiger partial charge is 0.456 e. The summed E-state index contributed by atoms with van der Waals surface area (Å²) in [7, 11) is 4.14. The number of benzene rings is 2. The molecule has 0 N–H and O–H groups in total. The van der Waals surface area contributed by atoms with Gasteiger partial charge in [0.2, 0.25) is 0 Å². The number of fused-ring (bicyclic) bond motifs is 1. The Balaban J connectivity index is 1.63. The third kappa shape index (κ3) is 4.09. The van der Waals surface area contributed by atoms with Crippen molar-refractivity contribution in [1.29, 1.82) is 0 Å². The molecule has 0 saturated heterocycles. The Morgan fingerprint density at radius 2 is 1.44 bits per heavy atom. The van der Waals surface area contributed by atoms with Gasteiger partial charge in [0.15, 0.2) is 5.71 Å². The van der Waals surface area contributed by atoms with Crippen LogP contribution < -0.4 is 0 Å². The van der Waals surface area contributed by atoms with Crippen molar-refractivity contribution in [3.05, 3.63) is 131 Å². The smallest absolute Gasteiger partial charge is 0.199 e. The first-order valence-electron chi connectivity index (χ1n) is 11.3. The predicted octanol–water partition coefficient (Wildman–Crippen LogP) is 6.72. The van der Waals surface area contributed by atoms with Crippen molar-refractivity contribution in [2.75, 3.05) is 14.1 Å². The van der Waals surface area contributed by atoms with E-state index in [2.05, 4.69) is 110 Å². The van der Waals surface area contributed by atoms with E-state index < -0.39 is 0 Å². The molecule has 2 heteroatoms. The van der Waals surface area contributed by atoms with Crippen molar-refractivity contribution in [1.82, 2.24) is 0 Å². The lowest BCUT2D eigenvalue weighted by Gasteiger charge is -2.29. The van der Waals surface area contributed by atoms with Gasteiger partial charge < -0.3 is 4.74 Å². The van der Waals surface area contributed by atoms with Crippen molar-refractivity contribution in [2.45, 2.75) is 19.3 Å². The standard InChI is InChI=1S/C30H28NO/c1-31(2)26-18-16-22(17-19-26)20-25-14-9-15-27-28(23-10-5-3-6-11-23)21-29(32-30(25)27)24-12-7-4-8-13-24/h3-8,10-13,16-21H,9,14-15H2,1-2H3/q+1. The molecule has 0 amide bonds. The molecule has 2 nitrogen and oxygen atoms in total. The second-order valence-electron chi connectivity index (χ2n) is 8.57. The molecular weight excluding hydrogens is 390 g/mol. The fourth-order valence-corrected chi connectivity index (χ4v) is 4.45. The molecule has 0 unspecified atom stereocenters. The summed E-state index contributed by atoms with van der Waals surface area (Å²) in [5.74, 6) is 1.95. The number of hydrogen-bond donors (Lipinski definition) is 0. The zero-order valence-corrected chi connectivity index (χ0v) is 18.7. The van der Waals surface area contributed by atoms with Gasteiger partial charge in [-0.15, -0.1) is 0 Å². The first-order chi connectivity index (χ1) is 15.7. The third-order valence-corrected chi connectivity index (χ3v) is 6.14. The Labute approximate surface area is 190 Å². The van der Waals surface area contributed by atoms with Crippen LogP contribution in [0.25, 0.3) is 11.3 Å². The number of nitrogens with zero attached hydrogens (tertiary/aromatic N) is 1. The summed E-state index contributed by atoms with van der Waals surface area (Å²) in [6.45, 7) is 0. The van der Waals surface area contributed by atoms with Crippen molar-refractivity contribution in [2.24, 2.45) is 0 Å². The van der Waals surface area contributed by atoms with E-state index in [1.54, 1.807) is 0 Å². The molecule has 32 heavy (non-hydrogen) atoms. The molecule has 0 atom stereocenters. The zero-order valence-electron chi connectivity index (χ0n) is 18.7. The summed E-state index contributed by atoms with van der Waals surface area (Å²) < 4.78 is 8.74. The van der Waals surface area contributed by atoms with Gasteiger partial charge in [-0.3, -0.25) is 0 Å². The monoisotopic (exact) mass is 418 g/mol. The van der Waals surface area contributed by atoms with E-state index in [-0.39, 0.29) is 0 Å². The van der Waals surface area contributed by atoms with Crippen LogP contribution in [0.4, 0.5) is 0 Å². The fourth-order valence-electron chi connectivity index (χ4n) is 4.45. The first-order valence-corrected chi connectivity index (χ1v) is 11.3. The second-order valence-corrected chi connectivity index (χ2v) is 8.57. The summed E-state index contributed by atoms with van der Waals surface area (Å²) in [5.41, 5.74) is 8.64. The topological polar surface area (TPSA) is 12.2 Å². The van der Waals surface area contributed by atoms with E-state index in [1.165, 1.54) is 33.6 Å². The van der Waals surface area contributed by atoms with Crippen LogP contribution in [0, 0.1) is 0 Å². The maximum Gasteiger partial charge on any atom is 0.199 e. The third-order valence-electron chi connectivity index (χ3n) is 6.14. The fraction of sp³-hybridized carbons (Fsp3) is 0.167. The quantitative estimate of drug-likeness (QED) is 0.504. The highest BCUT2D eigenvalue weighted by atomic mass is 16.5. The molecule has 2 aromatic carbocycles. The van der Waals surface area contributed by atoms with Crippen LogP contribution in [-0.2, 0) is 4.74 Å². The molecule has 0 spiro atoms. The van der Waals surface area contributed by atoms with Crippen molar-refractivity contribution >= 4 is 17.0 Å². The molecule has 2 aliphatic carbocycles. The summed E-state index contributed by atoms with van der Waals surface area (Å²) in [5, 5.41) is 0. The van der Waals surface area contributed by atoms with Crippen molar-refractivity contribution in [3.63, 3.8) is 0 Å². The SMILES string of the molecule is C[N+](C)=C1C=CC(=CC2=C3OC(c4ccccc4)=CC(c4ccccc4)=C3CCC2)C=C1. The van der Waals surface area contributed by atoms with Crippen molar-refractivity contribution in [3.8, 4) is 0 Å². The average molecular weight is 419 g/mol. The van der Waals surface area contributed by atoms with E-state index in [1.807, 2.05) is 6.07 Å². The maximum absolute atomic E-state index is 6.62. The minimum Gasteiger partial charge on any atom is -0.456 e. The molecule has 0 aromatic heterocycles. The van der Waals surface area contributed by atoms with Crippen LogP contribution in [0.5, 0.6) is 0 Å². The lowest BCUT2D eigenvalue weighted by molar-refractivity contribution is -0.462. The predicted molar refractivity (Wildman–Crippen MR) is 133 cm³/mol. The summed E-state index contributed by atoms with van der Waals surface area (Å²) in [4.78, 5) is 0. The Morgan fingerprint density at radius 3 is 2.09 bits per heavy atom. The molecule has 1 aliphatic heterocycles. The molecular formula is C30H28NO+. The maximum atomic E-state index is 6.62. The van der Waals surface area contributed by atoms with Gasteiger partial charge in [0.1, 0.15) is 25.6 Å². The second kappa shape index (κ2) is 8.84. The Hall–Kier alpha value is -3.65. The van der Waals surface area contributed by atoms with Crippen LogP contribution in [0.15, 0.2) is 120 Å². The van der Waals surface area contributed by atoms with Crippen LogP contribution in [0.3, 0.4) is 0 Å². The zero-order chi connectivity index (χ0) is 21.9. The van der Waals surface area contributed by atoms with Crippen LogP contribution in [0.1, 0.15) is 30.4 Å². The van der Waals surface area contributed by atoms with E-state index in [0.29, 0.717) is 0 Å². The molecule has 3 aliphatic rings. The van der Waals surface area contributed by atoms with Crippen LogP contribution in [0.2, 0.25) is 0 Å². The minimum atomic E-state index is 0.916. The van der Waals surface area contributed by atoms with Crippen LogP contribution >= 0.6 is 0 Å². The summed E-state index contributed by atoms with van der Waals surface area (Å²) in [6.07, 6.45) is 16.4. The Kier molecular flexibility index (Phi) is 5.60. The van der Waals surface area contributed by atoms with Gasteiger partial charge in [0.25, 0.3) is 0 Å².